The number of rotatable bonds is 4. The molecule has 19 heavy (non-hydrogen) atoms. The molecule has 7 heteroatoms. The molecule has 1 rings (SSSR count). The van der Waals surface area contributed by atoms with Crippen molar-refractivity contribution in [3.63, 3.8) is 0 Å². The Labute approximate surface area is 117 Å². The largest absolute Gasteiger partial charge is 0.242 e. The van der Waals surface area contributed by atoms with E-state index in [1.165, 1.54) is 6.92 Å². The van der Waals surface area contributed by atoms with Crippen LogP contribution in [0.2, 0.25) is 5.02 Å². The summed E-state index contributed by atoms with van der Waals surface area (Å²) in [6.07, 6.45) is 0. The van der Waals surface area contributed by atoms with Crippen molar-refractivity contribution in [2.24, 2.45) is 5.92 Å². The first-order valence-corrected chi connectivity index (χ1v) is 7.39. The molecule has 0 saturated heterocycles. The maximum atomic E-state index is 13.0. The Morgan fingerprint density at radius 1 is 1.47 bits per heavy atom. The monoisotopic (exact) mass is 304 g/mol. The van der Waals surface area contributed by atoms with Gasteiger partial charge in [-0.1, -0.05) is 25.4 Å². The van der Waals surface area contributed by atoms with Crippen LogP contribution in [0.1, 0.15) is 20.8 Å². The molecule has 0 bridgehead atoms. The number of nitriles is 1. The van der Waals surface area contributed by atoms with Gasteiger partial charge >= 0.3 is 0 Å². The zero-order chi connectivity index (χ0) is 14.8. The predicted molar refractivity (Wildman–Crippen MR) is 70.6 cm³/mol. The molecule has 0 aromatic heterocycles. The number of benzene rings is 1. The van der Waals surface area contributed by atoms with Crippen molar-refractivity contribution in [3.05, 3.63) is 29.0 Å². The Kier molecular flexibility index (Phi) is 4.56. The fourth-order valence-electron chi connectivity index (χ4n) is 1.25. The third kappa shape index (κ3) is 3.44. The highest BCUT2D eigenvalue weighted by Gasteiger charge is 2.34. The molecule has 0 aliphatic carbocycles. The second-order valence-electron chi connectivity index (χ2n) is 4.65. The highest BCUT2D eigenvalue weighted by molar-refractivity contribution is 7.89. The van der Waals surface area contributed by atoms with E-state index in [9.17, 15) is 12.8 Å². The van der Waals surface area contributed by atoms with Gasteiger partial charge in [-0.05, 0) is 31.0 Å². The highest BCUT2D eigenvalue weighted by atomic mass is 35.5. The van der Waals surface area contributed by atoms with Gasteiger partial charge in [0.2, 0.25) is 10.0 Å². The quantitative estimate of drug-likeness (QED) is 0.929. The molecule has 0 unspecified atom stereocenters. The van der Waals surface area contributed by atoms with Crippen molar-refractivity contribution in [3.8, 4) is 6.07 Å². The van der Waals surface area contributed by atoms with Crippen molar-refractivity contribution < 1.29 is 12.8 Å². The first kappa shape index (κ1) is 15.9. The van der Waals surface area contributed by atoms with Crippen LogP contribution in [-0.4, -0.2) is 14.0 Å². The molecule has 1 N–H and O–H groups in total. The molecule has 0 spiro atoms. The van der Waals surface area contributed by atoms with Crippen molar-refractivity contribution in [1.29, 1.82) is 5.26 Å². The Balaban J connectivity index is 3.19. The first-order valence-electron chi connectivity index (χ1n) is 5.52. The molecule has 0 heterocycles. The van der Waals surface area contributed by atoms with Gasteiger partial charge in [-0.15, -0.1) is 0 Å². The Bertz CT molecular complexity index is 625. The molecule has 0 saturated carbocycles. The molecule has 104 valence electrons. The second kappa shape index (κ2) is 5.45. The van der Waals surface area contributed by atoms with E-state index < -0.39 is 21.4 Å². The molecule has 4 nitrogen and oxygen atoms in total. The van der Waals surface area contributed by atoms with Gasteiger partial charge in [0.1, 0.15) is 11.4 Å². The summed E-state index contributed by atoms with van der Waals surface area (Å²) >= 11 is 5.56. The van der Waals surface area contributed by atoms with Gasteiger partial charge < -0.3 is 0 Å². The van der Waals surface area contributed by atoms with Gasteiger partial charge in [0.05, 0.1) is 16.0 Å². The molecule has 0 radical (unpaired) electrons. The van der Waals surface area contributed by atoms with Crippen LogP contribution in [0.3, 0.4) is 0 Å². The normalized spacial score (nSPS) is 15.0. The number of halogens is 2. The summed E-state index contributed by atoms with van der Waals surface area (Å²) in [7, 11) is -3.94. The van der Waals surface area contributed by atoms with Gasteiger partial charge in [-0.3, -0.25) is 0 Å². The van der Waals surface area contributed by atoms with Crippen LogP contribution < -0.4 is 4.72 Å². The molecule has 1 aromatic carbocycles. The van der Waals surface area contributed by atoms with Crippen molar-refractivity contribution >= 4 is 21.6 Å². The first-order chi connectivity index (χ1) is 8.62. The van der Waals surface area contributed by atoms with E-state index in [1.807, 2.05) is 6.07 Å². The summed E-state index contributed by atoms with van der Waals surface area (Å²) in [4.78, 5) is -0.180. The average molecular weight is 305 g/mol. The molecule has 0 aliphatic rings. The molecule has 1 aromatic rings. The lowest BCUT2D eigenvalue weighted by Gasteiger charge is -2.26. The third-order valence-corrected chi connectivity index (χ3v) is 4.79. The van der Waals surface area contributed by atoms with E-state index in [-0.39, 0.29) is 15.8 Å². The van der Waals surface area contributed by atoms with Gasteiger partial charge in [0.25, 0.3) is 0 Å². The van der Waals surface area contributed by atoms with Crippen LogP contribution in [0, 0.1) is 23.1 Å². The summed E-state index contributed by atoms with van der Waals surface area (Å²) in [5, 5.41) is 8.82. The molecular weight excluding hydrogens is 291 g/mol. The molecule has 0 fully saturated rings. The number of hydrogen-bond acceptors (Lipinski definition) is 3. The summed E-state index contributed by atoms with van der Waals surface area (Å²) < 4.78 is 39.6. The third-order valence-electron chi connectivity index (χ3n) is 2.93. The Morgan fingerprint density at radius 2 is 2.05 bits per heavy atom. The SMILES string of the molecule is CC(C)[C@@](C)(C#N)NS(=O)(=O)c1ccc(F)c(Cl)c1. The minimum atomic E-state index is -3.94. The zero-order valence-corrected chi connectivity index (χ0v) is 12.3. The van der Waals surface area contributed by atoms with Crippen LogP contribution in [0.15, 0.2) is 23.1 Å². The smallest absolute Gasteiger partial charge is 0.207 e. The molecular formula is C12H14ClFN2O2S. The van der Waals surface area contributed by atoms with Crippen LogP contribution in [0.25, 0.3) is 0 Å². The summed E-state index contributed by atoms with van der Waals surface area (Å²) in [6, 6.07) is 5.01. The number of nitrogens with zero attached hydrogens (tertiary/aromatic N) is 1. The lowest BCUT2D eigenvalue weighted by atomic mass is 9.92. The van der Waals surface area contributed by atoms with Crippen molar-refractivity contribution in [2.45, 2.75) is 31.2 Å². The molecule has 1 atom stereocenters. The average Bonchev–Trinajstić information content (AvgIpc) is 2.31. The van der Waals surface area contributed by atoms with Crippen LogP contribution in [0.4, 0.5) is 4.39 Å². The molecule has 0 aliphatic heterocycles. The number of nitrogens with one attached hydrogen (secondary N) is 1. The Hall–Kier alpha value is -1.16. The summed E-state index contributed by atoms with van der Waals surface area (Å²) in [5.74, 6) is -0.935. The van der Waals surface area contributed by atoms with Gasteiger partial charge in [-0.25, -0.2) is 12.8 Å². The summed E-state index contributed by atoms with van der Waals surface area (Å²) in [5.41, 5.74) is -1.25. The van der Waals surface area contributed by atoms with E-state index in [0.717, 1.165) is 18.2 Å². The summed E-state index contributed by atoms with van der Waals surface area (Å²) in [6.45, 7) is 4.94. The minimum Gasteiger partial charge on any atom is -0.207 e. The minimum absolute atomic E-state index is 0.180. The lowest BCUT2D eigenvalue weighted by molar-refractivity contribution is 0.389. The van der Waals surface area contributed by atoms with Crippen LogP contribution in [0.5, 0.6) is 0 Å². The van der Waals surface area contributed by atoms with E-state index in [0.29, 0.717) is 0 Å². The van der Waals surface area contributed by atoms with E-state index in [1.54, 1.807) is 13.8 Å². The predicted octanol–water partition coefficient (Wildman–Crippen LogP) is 2.70. The van der Waals surface area contributed by atoms with Gasteiger partial charge in [0, 0.05) is 0 Å². The zero-order valence-electron chi connectivity index (χ0n) is 10.7. The standard InChI is InChI=1S/C12H14ClFN2O2S/c1-8(2)12(3,7-15)16-19(17,18)9-4-5-11(14)10(13)6-9/h4-6,8,16H,1-3H3/t12-/m1/s1. The fraction of sp³-hybridized carbons (Fsp3) is 0.417. The number of sulfonamides is 1. The lowest BCUT2D eigenvalue weighted by Crippen LogP contribution is -2.48. The van der Waals surface area contributed by atoms with Crippen LogP contribution >= 0.6 is 11.6 Å². The highest BCUT2D eigenvalue weighted by Crippen LogP contribution is 2.23. The fourth-order valence-corrected chi connectivity index (χ4v) is 2.97. The van der Waals surface area contributed by atoms with Gasteiger partial charge in [-0.2, -0.15) is 9.98 Å². The van der Waals surface area contributed by atoms with Gasteiger partial charge in [0.15, 0.2) is 0 Å². The maximum Gasteiger partial charge on any atom is 0.242 e. The van der Waals surface area contributed by atoms with E-state index in [2.05, 4.69) is 4.72 Å². The number of hydrogen-bond donors (Lipinski definition) is 1. The van der Waals surface area contributed by atoms with Crippen molar-refractivity contribution in [2.75, 3.05) is 0 Å². The second-order valence-corrected chi connectivity index (χ2v) is 6.74. The van der Waals surface area contributed by atoms with Crippen LogP contribution in [-0.2, 0) is 10.0 Å². The topological polar surface area (TPSA) is 70.0 Å². The van der Waals surface area contributed by atoms with E-state index in [4.69, 9.17) is 16.9 Å². The van der Waals surface area contributed by atoms with Crippen molar-refractivity contribution in [1.82, 2.24) is 4.72 Å². The van der Waals surface area contributed by atoms with E-state index >= 15 is 0 Å². The molecule has 0 amide bonds. The Morgan fingerprint density at radius 3 is 2.47 bits per heavy atom. The maximum absolute atomic E-state index is 13.0.